The highest BCUT2D eigenvalue weighted by Crippen LogP contribution is 2.20. The van der Waals surface area contributed by atoms with Crippen molar-refractivity contribution in [3.8, 4) is 0 Å². The average Bonchev–Trinajstić information content (AvgIpc) is 2.31. The van der Waals surface area contributed by atoms with Gasteiger partial charge < -0.3 is 5.32 Å². The fraction of sp³-hybridized carbons (Fsp3) is 0.500. The highest BCUT2D eigenvalue weighted by atomic mass is 35.5. The van der Waals surface area contributed by atoms with Gasteiger partial charge in [-0.15, -0.1) is 11.8 Å². The van der Waals surface area contributed by atoms with Crippen LogP contribution in [0.15, 0.2) is 24.3 Å². The molecule has 0 aliphatic rings. The third-order valence-electron chi connectivity index (χ3n) is 2.58. The number of carbonyl (C=O) groups excluding carboxylic acids is 1. The summed E-state index contributed by atoms with van der Waals surface area (Å²) >= 11 is 7.64. The molecular weight excluding hydrogens is 266 g/mol. The molecule has 0 fully saturated rings. The van der Waals surface area contributed by atoms with Crippen LogP contribution in [0.3, 0.4) is 0 Å². The summed E-state index contributed by atoms with van der Waals surface area (Å²) in [6, 6.07) is 8.01. The largest absolute Gasteiger partial charge is 0.353 e. The molecule has 0 unspecified atom stereocenters. The molecule has 100 valence electrons. The third kappa shape index (κ3) is 5.78. The van der Waals surface area contributed by atoms with Crippen LogP contribution in [0.5, 0.6) is 0 Å². The molecule has 1 aromatic carbocycles. The van der Waals surface area contributed by atoms with Crippen molar-refractivity contribution in [2.45, 2.75) is 38.5 Å². The van der Waals surface area contributed by atoms with Crippen LogP contribution in [0.2, 0.25) is 5.02 Å². The van der Waals surface area contributed by atoms with Crippen LogP contribution in [-0.4, -0.2) is 17.7 Å². The van der Waals surface area contributed by atoms with E-state index < -0.39 is 0 Å². The van der Waals surface area contributed by atoms with Crippen LogP contribution >= 0.6 is 23.4 Å². The second-order valence-corrected chi connectivity index (χ2v) is 5.73. The van der Waals surface area contributed by atoms with Gasteiger partial charge in [-0.1, -0.05) is 43.1 Å². The molecule has 0 saturated heterocycles. The van der Waals surface area contributed by atoms with Crippen LogP contribution < -0.4 is 5.32 Å². The first-order valence-electron chi connectivity index (χ1n) is 6.24. The van der Waals surface area contributed by atoms with Gasteiger partial charge in [-0.05, 0) is 25.0 Å². The Morgan fingerprint density at radius 2 is 2.17 bits per heavy atom. The van der Waals surface area contributed by atoms with Crippen LogP contribution in [0.1, 0.15) is 32.3 Å². The number of rotatable bonds is 7. The van der Waals surface area contributed by atoms with E-state index in [-0.39, 0.29) is 11.9 Å². The van der Waals surface area contributed by atoms with Crippen LogP contribution in [-0.2, 0) is 10.5 Å². The smallest absolute Gasteiger partial charge is 0.230 e. The van der Waals surface area contributed by atoms with Crippen molar-refractivity contribution >= 4 is 29.3 Å². The number of hydrogen-bond acceptors (Lipinski definition) is 2. The molecule has 0 bridgehead atoms. The Morgan fingerprint density at radius 3 is 2.83 bits per heavy atom. The zero-order valence-electron chi connectivity index (χ0n) is 10.9. The molecule has 0 aromatic heterocycles. The Balaban J connectivity index is 2.25. The minimum atomic E-state index is 0.105. The van der Waals surface area contributed by atoms with E-state index in [1.165, 1.54) is 0 Å². The zero-order valence-corrected chi connectivity index (χ0v) is 12.5. The topological polar surface area (TPSA) is 29.1 Å². The Hall–Kier alpha value is -0.670. The minimum Gasteiger partial charge on any atom is -0.353 e. The van der Waals surface area contributed by atoms with Gasteiger partial charge in [0.05, 0.1) is 5.75 Å². The zero-order chi connectivity index (χ0) is 13.4. The summed E-state index contributed by atoms with van der Waals surface area (Å²) in [6.07, 6.45) is 2.12. The van der Waals surface area contributed by atoms with E-state index in [9.17, 15) is 4.79 Å². The van der Waals surface area contributed by atoms with Crippen molar-refractivity contribution in [1.29, 1.82) is 0 Å². The lowest BCUT2D eigenvalue weighted by Gasteiger charge is -2.12. The summed E-state index contributed by atoms with van der Waals surface area (Å²) in [5, 5.41) is 3.76. The van der Waals surface area contributed by atoms with Gasteiger partial charge in [0.15, 0.2) is 0 Å². The average molecular weight is 286 g/mol. The van der Waals surface area contributed by atoms with E-state index in [0.29, 0.717) is 5.75 Å². The number of amides is 1. The number of carbonyl (C=O) groups is 1. The predicted molar refractivity (Wildman–Crippen MR) is 80.1 cm³/mol. The quantitative estimate of drug-likeness (QED) is 0.824. The molecule has 1 amide bonds. The Bertz CT molecular complexity index is 384. The lowest BCUT2D eigenvalue weighted by Crippen LogP contribution is -2.33. The summed E-state index contributed by atoms with van der Waals surface area (Å²) < 4.78 is 0. The molecule has 0 radical (unpaired) electrons. The highest BCUT2D eigenvalue weighted by molar-refractivity contribution is 7.99. The standard InChI is InChI=1S/C14H20ClNOS/c1-3-6-11(2)16-14(17)10-18-9-12-7-4-5-8-13(12)15/h4-5,7-8,11H,3,6,9-10H2,1-2H3,(H,16,17)/t11-/m1/s1. The number of halogens is 1. The van der Waals surface area contributed by atoms with Gasteiger partial charge in [0.1, 0.15) is 0 Å². The summed E-state index contributed by atoms with van der Waals surface area (Å²) in [5.74, 6) is 1.36. The molecule has 4 heteroatoms. The van der Waals surface area contributed by atoms with Gasteiger partial charge in [-0.2, -0.15) is 0 Å². The molecule has 1 N–H and O–H groups in total. The number of hydrogen-bond donors (Lipinski definition) is 1. The molecule has 0 spiro atoms. The maximum Gasteiger partial charge on any atom is 0.230 e. The fourth-order valence-corrected chi connectivity index (χ4v) is 2.82. The molecule has 0 heterocycles. The second kappa shape index (κ2) is 8.44. The van der Waals surface area contributed by atoms with E-state index in [1.807, 2.05) is 31.2 Å². The maximum absolute atomic E-state index is 11.6. The monoisotopic (exact) mass is 285 g/mol. The first kappa shape index (κ1) is 15.4. The third-order valence-corrected chi connectivity index (χ3v) is 3.93. The Kier molecular flexibility index (Phi) is 7.21. The Labute approximate surface area is 118 Å². The van der Waals surface area contributed by atoms with Crippen molar-refractivity contribution in [2.75, 3.05) is 5.75 Å². The first-order chi connectivity index (χ1) is 8.63. The van der Waals surface area contributed by atoms with Gasteiger partial charge in [-0.25, -0.2) is 0 Å². The van der Waals surface area contributed by atoms with E-state index in [1.54, 1.807) is 11.8 Å². The highest BCUT2D eigenvalue weighted by Gasteiger charge is 2.07. The van der Waals surface area contributed by atoms with E-state index in [0.717, 1.165) is 29.2 Å². The second-order valence-electron chi connectivity index (χ2n) is 4.34. The molecule has 0 aliphatic carbocycles. The maximum atomic E-state index is 11.6. The van der Waals surface area contributed by atoms with Gasteiger partial charge >= 0.3 is 0 Å². The summed E-state index contributed by atoms with van der Waals surface area (Å²) in [7, 11) is 0. The molecule has 1 atom stereocenters. The van der Waals surface area contributed by atoms with Crippen molar-refractivity contribution in [3.63, 3.8) is 0 Å². The minimum absolute atomic E-state index is 0.105. The summed E-state index contributed by atoms with van der Waals surface area (Å²) in [5.41, 5.74) is 1.08. The fourth-order valence-electron chi connectivity index (χ4n) is 1.69. The van der Waals surface area contributed by atoms with Crippen molar-refractivity contribution in [2.24, 2.45) is 0 Å². The van der Waals surface area contributed by atoms with Gasteiger partial charge in [0.2, 0.25) is 5.91 Å². The van der Waals surface area contributed by atoms with E-state index in [4.69, 9.17) is 11.6 Å². The molecule has 0 saturated carbocycles. The molecule has 1 rings (SSSR count). The van der Waals surface area contributed by atoms with Crippen LogP contribution in [0, 0.1) is 0 Å². The molecule has 18 heavy (non-hydrogen) atoms. The predicted octanol–water partition coefficient (Wildman–Crippen LogP) is 3.88. The van der Waals surface area contributed by atoms with Gasteiger partial charge in [-0.3, -0.25) is 4.79 Å². The number of nitrogens with one attached hydrogen (secondary N) is 1. The molecule has 1 aromatic rings. The SMILES string of the molecule is CCC[C@@H](C)NC(=O)CSCc1ccccc1Cl. The van der Waals surface area contributed by atoms with Gasteiger partial charge in [0, 0.05) is 16.8 Å². The van der Waals surface area contributed by atoms with E-state index >= 15 is 0 Å². The molecule has 0 aliphatic heterocycles. The van der Waals surface area contributed by atoms with Crippen LogP contribution in [0.4, 0.5) is 0 Å². The van der Waals surface area contributed by atoms with E-state index in [2.05, 4.69) is 12.2 Å². The number of benzene rings is 1. The molecular formula is C14H20ClNOS. The van der Waals surface area contributed by atoms with Gasteiger partial charge in [0.25, 0.3) is 0 Å². The first-order valence-corrected chi connectivity index (χ1v) is 7.77. The summed E-state index contributed by atoms with van der Waals surface area (Å²) in [4.78, 5) is 11.6. The number of thioether (sulfide) groups is 1. The lowest BCUT2D eigenvalue weighted by molar-refractivity contribution is -0.119. The van der Waals surface area contributed by atoms with Crippen molar-refractivity contribution in [3.05, 3.63) is 34.9 Å². The van der Waals surface area contributed by atoms with Crippen LogP contribution in [0.25, 0.3) is 0 Å². The normalized spacial score (nSPS) is 12.2. The summed E-state index contributed by atoms with van der Waals surface area (Å²) in [6.45, 7) is 4.16. The van der Waals surface area contributed by atoms with Crippen molar-refractivity contribution in [1.82, 2.24) is 5.32 Å². The molecule has 2 nitrogen and oxygen atoms in total. The van der Waals surface area contributed by atoms with Crippen molar-refractivity contribution < 1.29 is 4.79 Å². The Morgan fingerprint density at radius 1 is 1.44 bits per heavy atom. The lowest BCUT2D eigenvalue weighted by atomic mass is 10.2.